The van der Waals surface area contributed by atoms with Crippen LogP contribution < -0.4 is 5.48 Å². The number of pyridine rings is 2. The van der Waals surface area contributed by atoms with E-state index in [1.54, 1.807) is 24.1 Å². The summed E-state index contributed by atoms with van der Waals surface area (Å²) in [6, 6.07) is 19.5. The molecule has 0 aliphatic rings. The van der Waals surface area contributed by atoms with Gasteiger partial charge in [-0.1, -0.05) is 18.2 Å². The standard InChI is InChI=1S/C24H19N5O2/c1-15-11-18(5-6-19(15)24(30)28-31)21-8-9-22-23(27-21)29(14-26-22)13-16-4-7-20-17(12-16)3-2-10-25-20/h2-12,14,31H,13H2,1H3,(H,28,30). The number of hydrogen-bond donors (Lipinski definition) is 2. The summed E-state index contributed by atoms with van der Waals surface area (Å²) in [7, 11) is 0. The van der Waals surface area contributed by atoms with E-state index in [1.165, 1.54) is 0 Å². The number of hydroxylamine groups is 1. The molecule has 0 spiro atoms. The SMILES string of the molecule is Cc1cc(-c2ccc3ncn(Cc4ccc5ncccc5c4)c3n2)ccc1C(=O)NO. The first-order valence-corrected chi connectivity index (χ1v) is 9.83. The molecular weight excluding hydrogens is 390 g/mol. The average Bonchev–Trinajstić information content (AvgIpc) is 3.20. The lowest BCUT2D eigenvalue weighted by Gasteiger charge is -2.09. The number of aromatic nitrogens is 4. The van der Waals surface area contributed by atoms with Crippen molar-refractivity contribution in [2.75, 3.05) is 0 Å². The highest BCUT2D eigenvalue weighted by atomic mass is 16.5. The van der Waals surface area contributed by atoms with Crippen LogP contribution >= 0.6 is 0 Å². The van der Waals surface area contributed by atoms with Crippen LogP contribution in [-0.2, 0) is 6.54 Å². The molecule has 152 valence electrons. The number of fused-ring (bicyclic) bond motifs is 2. The first-order valence-electron chi connectivity index (χ1n) is 9.83. The van der Waals surface area contributed by atoms with Crippen molar-refractivity contribution in [1.82, 2.24) is 25.0 Å². The predicted molar refractivity (Wildman–Crippen MR) is 118 cm³/mol. The van der Waals surface area contributed by atoms with Gasteiger partial charge in [-0.3, -0.25) is 15.0 Å². The zero-order valence-electron chi connectivity index (χ0n) is 16.8. The molecule has 0 unspecified atom stereocenters. The zero-order valence-corrected chi connectivity index (χ0v) is 16.8. The summed E-state index contributed by atoms with van der Waals surface area (Å²) in [5.74, 6) is -0.531. The molecule has 0 bridgehead atoms. The van der Waals surface area contributed by atoms with Gasteiger partial charge in [0.2, 0.25) is 0 Å². The van der Waals surface area contributed by atoms with Gasteiger partial charge >= 0.3 is 0 Å². The van der Waals surface area contributed by atoms with Gasteiger partial charge in [0, 0.05) is 22.7 Å². The number of nitrogens with one attached hydrogen (secondary N) is 1. The molecule has 0 saturated heterocycles. The molecule has 3 heterocycles. The number of hydrogen-bond acceptors (Lipinski definition) is 5. The number of amides is 1. The van der Waals surface area contributed by atoms with Gasteiger partial charge in [0.05, 0.1) is 24.1 Å². The van der Waals surface area contributed by atoms with Gasteiger partial charge in [0.1, 0.15) is 5.52 Å². The van der Waals surface area contributed by atoms with E-state index in [0.29, 0.717) is 12.1 Å². The average molecular weight is 409 g/mol. The van der Waals surface area contributed by atoms with Gasteiger partial charge in [0.15, 0.2) is 5.65 Å². The molecule has 31 heavy (non-hydrogen) atoms. The van der Waals surface area contributed by atoms with Crippen LogP contribution in [0.15, 0.2) is 73.2 Å². The lowest BCUT2D eigenvalue weighted by Crippen LogP contribution is -2.19. The maximum atomic E-state index is 11.7. The Morgan fingerprint density at radius 2 is 1.90 bits per heavy atom. The van der Waals surface area contributed by atoms with Gasteiger partial charge in [-0.2, -0.15) is 0 Å². The van der Waals surface area contributed by atoms with Gasteiger partial charge in [0.25, 0.3) is 5.91 Å². The van der Waals surface area contributed by atoms with Crippen molar-refractivity contribution in [1.29, 1.82) is 0 Å². The predicted octanol–water partition coefficient (Wildman–Crippen LogP) is 4.12. The third-order valence-electron chi connectivity index (χ3n) is 5.35. The Morgan fingerprint density at radius 1 is 1.03 bits per heavy atom. The highest BCUT2D eigenvalue weighted by molar-refractivity contribution is 5.95. The normalized spacial score (nSPS) is 11.2. The number of imidazole rings is 1. The van der Waals surface area contributed by atoms with Gasteiger partial charge in [-0.15, -0.1) is 0 Å². The smallest absolute Gasteiger partial charge is 0.274 e. The summed E-state index contributed by atoms with van der Waals surface area (Å²) in [6.07, 6.45) is 3.59. The molecule has 0 atom stereocenters. The Morgan fingerprint density at radius 3 is 2.74 bits per heavy atom. The van der Waals surface area contributed by atoms with Crippen molar-refractivity contribution >= 4 is 28.0 Å². The molecule has 3 aromatic heterocycles. The van der Waals surface area contributed by atoms with Crippen LogP contribution in [0, 0.1) is 6.92 Å². The van der Waals surface area contributed by atoms with E-state index in [-0.39, 0.29) is 0 Å². The fourth-order valence-corrected chi connectivity index (χ4v) is 3.77. The first kappa shape index (κ1) is 18.9. The molecule has 0 fully saturated rings. The second-order valence-electron chi connectivity index (χ2n) is 7.41. The highest BCUT2D eigenvalue weighted by Crippen LogP contribution is 2.24. The topological polar surface area (TPSA) is 92.9 Å². The van der Waals surface area contributed by atoms with Crippen molar-refractivity contribution in [3.63, 3.8) is 0 Å². The van der Waals surface area contributed by atoms with Crippen molar-refractivity contribution in [3.8, 4) is 11.3 Å². The second-order valence-corrected chi connectivity index (χ2v) is 7.41. The summed E-state index contributed by atoms with van der Waals surface area (Å²) >= 11 is 0. The Bertz CT molecular complexity index is 1440. The van der Waals surface area contributed by atoms with E-state index in [0.717, 1.165) is 44.5 Å². The molecule has 7 nitrogen and oxygen atoms in total. The zero-order chi connectivity index (χ0) is 21.4. The van der Waals surface area contributed by atoms with E-state index in [4.69, 9.17) is 10.2 Å². The van der Waals surface area contributed by atoms with E-state index >= 15 is 0 Å². The Hall–Kier alpha value is -4.10. The molecule has 5 rings (SSSR count). The van der Waals surface area contributed by atoms with Crippen LogP contribution in [0.3, 0.4) is 0 Å². The molecule has 0 aliphatic heterocycles. The Balaban J connectivity index is 1.51. The van der Waals surface area contributed by atoms with E-state index in [9.17, 15) is 4.79 Å². The van der Waals surface area contributed by atoms with Crippen LogP contribution in [0.25, 0.3) is 33.3 Å². The maximum Gasteiger partial charge on any atom is 0.274 e. The number of benzene rings is 2. The van der Waals surface area contributed by atoms with Gasteiger partial charge in [-0.05, 0) is 60.5 Å². The molecule has 0 aliphatic carbocycles. The minimum absolute atomic E-state index is 0.420. The van der Waals surface area contributed by atoms with E-state index < -0.39 is 5.91 Å². The van der Waals surface area contributed by atoms with Crippen molar-refractivity contribution in [2.24, 2.45) is 0 Å². The summed E-state index contributed by atoms with van der Waals surface area (Å²) in [6.45, 7) is 2.47. The summed E-state index contributed by atoms with van der Waals surface area (Å²) in [5.41, 5.74) is 8.24. The van der Waals surface area contributed by atoms with Crippen LogP contribution in [0.2, 0.25) is 0 Å². The number of carbonyl (C=O) groups is 1. The minimum Gasteiger partial charge on any atom is -0.311 e. The monoisotopic (exact) mass is 409 g/mol. The van der Waals surface area contributed by atoms with Crippen molar-refractivity contribution in [2.45, 2.75) is 13.5 Å². The maximum absolute atomic E-state index is 11.7. The lowest BCUT2D eigenvalue weighted by molar-refractivity contribution is 0.0705. The second kappa shape index (κ2) is 7.62. The molecular formula is C24H19N5O2. The molecule has 2 N–H and O–H groups in total. The van der Waals surface area contributed by atoms with Crippen LogP contribution in [-0.4, -0.2) is 30.6 Å². The van der Waals surface area contributed by atoms with Crippen molar-refractivity contribution in [3.05, 3.63) is 89.9 Å². The summed E-state index contributed by atoms with van der Waals surface area (Å²) in [4.78, 5) is 25.4. The quantitative estimate of drug-likeness (QED) is 0.344. The summed E-state index contributed by atoms with van der Waals surface area (Å²) in [5, 5.41) is 9.98. The van der Waals surface area contributed by atoms with E-state index in [2.05, 4.69) is 28.2 Å². The molecule has 0 radical (unpaired) electrons. The molecule has 2 aromatic carbocycles. The highest BCUT2D eigenvalue weighted by Gasteiger charge is 2.12. The fourth-order valence-electron chi connectivity index (χ4n) is 3.77. The number of rotatable bonds is 4. The molecule has 5 aromatic rings. The van der Waals surface area contributed by atoms with E-state index in [1.807, 2.05) is 47.9 Å². The fraction of sp³-hybridized carbons (Fsp3) is 0.0833. The van der Waals surface area contributed by atoms with Crippen molar-refractivity contribution < 1.29 is 10.0 Å². The minimum atomic E-state index is -0.531. The third-order valence-corrected chi connectivity index (χ3v) is 5.35. The molecule has 7 heteroatoms. The number of carbonyl (C=O) groups excluding carboxylic acids is 1. The third kappa shape index (κ3) is 3.51. The molecule has 0 saturated carbocycles. The van der Waals surface area contributed by atoms with Gasteiger partial charge < -0.3 is 4.57 Å². The van der Waals surface area contributed by atoms with Crippen LogP contribution in [0.4, 0.5) is 0 Å². The number of nitrogens with zero attached hydrogens (tertiary/aromatic N) is 4. The van der Waals surface area contributed by atoms with Gasteiger partial charge in [-0.25, -0.2) is 15.4 Å². The number of aryl methyl sites for hydroxylation is 1. The molecule has 1 amide bonds. The first-order chi connectivity index (χ1) is 15.1. The van der Waals surface area contributed by atoms with Crippen LogP contribution in [0.5, 0.6) is 0 Å². The largest absolute Gasteiger partial charge is 0.311 e. The lowest BCUT2D eigenvalue weighted by atomic mass is 10.0. The Kier molecular flexibility index (Phi) is 4.65. The van der Waals surface area contributed by atoms with Crippen LogP contribution in [0.1, 0.15) is 21.5 Å². The summed E-state index contributed by atoms with van der Waals surface area (Å²) < 4.78 is 2.02. The Labute approximate surface area is 178 Å².